The summed E-state index contributed by atoms with van der Waals surface area (Å²) in [6.07, 6.45) is 6.96. The minimum atomic E-state index is -0.621. The molecule has 2 aromatic carbocycles. The van der Waals surface area contributed by atoms with Gasteiger partial charge in [-0.1, -0.05) is 37.3 Å². The van der Waals surface area contributed by atoms with E-state index in [1.165, 1.54) is 0 Å². The Morgan fingerprint density at radius 2 is 1.95 bits per heavy atom. The van der Waals surface area contributed by atoms with E-state index in [1.54, 1.807) is 7.11 Å². The summed E-state index contributed by atoms with van der Waals surface area (Å²) in [5.74, 6) is 0.803. The molecule has 194 valence electrons. The second-order valence-corrected chi connectivity index (χ2v) is 10.8. The molecule has 0 aliphatic carbocycles. The molecule has 0 radical (unpaired) electrons. The minimum Gasteiger partial charge on any atom is -0.497 e. The molecule has 3 aliphatic heterocycles. The van der Waals surface area contributed by atoms with Gasteiger partial charge in [-0.05, 0) is 55.2 Å². The molecule has 3 aromatic rings. The standard InChI is InChI=1S/C30H32N6O2/c1-5-30(24-16-31-35-27(24)33-25-14-29(2,3)34-28(37)26(25)30)22-8-6-7-20(13-22)21-15-32-36(18-21)17-19-9-11-23(38-4)12-10-19/h6-13,15-16,18,27,33H,5,14,17H2,1-4H3,(H,34,37)/t27?,30-/m1/s1. The number of carbonyl (C=O) groups excluding carboxylic acids is 1. The average Bonchev–Trinajstić information content (AvgIpc) is 3.57. The van der Waals surface area contributed by atoms with Gasteiger partial charge in [0.15, 0.2) is 6.17 Å². The predicted octanol–water partition coefficient (Wildman–Crippen LogP) is 5.09. The number of aromatic nitrogens is 2. The van der Waals surface area contributed by atoms with Gasteiger partial charge >= 0.3 is 0 Å². The Hall–Kier alpha value is -4.20. The Kier molecular flexibility index (Phi) is 5.70. The van der Waals surface area contributed by atoms with Gasteiger partial charge in [0, 0.05) is 35.0 Å². The molecule has 4 heterocycles. The smallest absolute Gasteiger partial charge is 0.250 e. The summed E-state index contributed by atoms with van der Waals surface area (Å²) >= 11 is 0. The molecule has 6 rings (SSSR count). The molecule has 0 spiro atoms. The summed E-state index contributed by atoms with van der Waals surface area (Å²) in [6, 6.07) is 16.5. The molecule has 8 heteroatoms. The van der Waals surface area contributed by atoms with Gasteiger partial charge in [0.2, 0.25) is 0 Å². The first-order valence-electron chi connectivity index (χ1n) is 13.0. The SMILES string of the molecule is CC[C@@]1(c2cccc(-c3cnn(Cc4ccc(OC)cc4)c3)c2)C2=CN=NC2NC2=C1C(=O)NC(C)(C)C2. The van der Waals surface area contributed by atoms with Crippen LogP contribution in [-0.4, -0.2) is 34.5 Å². The lowest BCUT2D eigenvalue weighted by Crippen LogP contribution is -2.58. The van der Waals surface area contributed by atoms with E-state index < -0.39 is 5.41 Å². The van der Waals surface area contributed by atoms with Crippen molar-refractivity contribution in [1.29, 1.82) is 0 Å². The number of rotatable bonds is 6. The van der Waals surface area contributed by atoms with Crippen molar-refractivity contribution >= 4 is 5.91 Å². The third-order valence-corrected chi connectivity index (χ3v) is 7.86. The molecular formula is C30H32N6O2. The molecular weight excluding hydrogens is 476 g/mol. The third-order valence-electron chi connectivity index (χ3n) is 7.86. The molecule has 1 aromatic heterocycles. The second kappa shape index (κ2) is 8.97. The van der Waals surface area contributed by atoms with Crippen molar-refractivity contribution in [3.63, 3.8) is 0 Å². The van der Waals surface area contributed by atoms with Gasteiger partial charge in [-0.25, -0.2) is 0 Å². The molecule has 1 unspecified atom stereocenters. The van der Waals surface area contributed by atoms with Crippen LogP contribution >= 0.6 is 0 Å². The number of methoxy groups -OCH3 is 1. The maximum Gasteiger partial charge on any atom is 0.250 e. The number of fused-ring (bicyclic) bond motifs is 1. The maximum absolute atomic E-state index is 13.6. The van der Waals surface area contributed by atoms with E-state index in [0.29, 0.717) is 13.0 Å². The molecule has 8 nitrogen and oxygen atoms in total. The number of nitrogens with one attached hydrogen (secondary N) is 2. The number of ether oxygens (including phenoxy) is 1. The van der Waals surface area contributed by atoms with Crippen molar-refractivity contribution in [3.05, 3.63) is 95.1 Å². The number of carbonyl (C=O) groups is 1. The van der Waals surface area contributed by atoms with Gasteiger partial charge < -0.3 is 15.4 Å². The van der Waals surface area contributed by atoms with Crippen LogP contribution < -0.4 is 15.4 Å². The first-order valence-corrected chi connectivity index (χ1v) is 13.0. The summed E-state index contributed by atoms with van der Waals surface area (Å²) in [5, 5.41) is 20.1. The summed E-state index contributed by atoms with van der Waals surface area (Å²) in [7, 11) is 1.67. The summed E-state index contributed by atoms with van der Waals surface area (Å²) in [5.41, 5.74) is 6.08. The molecule has 0 fully saturated rings. The zero-order valence-electron chi connectivity index (χ0n) is 22.2. The van der Waals surface area contributed by atoms with Crippen LogP contribution in [0.25, 0.3) is 11.1 Å². The van der Waals surface area contributed by atoms with Crippen LogP contribution in [0.3, 0.4) is 0 Å². The van der Waals surface area contributed by atoms with Gasteiger partial charge in [0.25, 0.3) is 5.91 Å². The molecule has 3 aliphatic rings. The Balaban J connectivity index is 1.39. The predicted molar refractivity (Wildman–Crippen MR) is 145 cm³/mol. The lowest BCUT2D eigenvalue weighted by atomic mass is 9.62. The van der Waals surface area contributed by atoms with E-state index in [0.717, 1.165) is 51.3 Å². The highest BCUT2D eigenvalue weighted by atomic mass is 16.5. The Morgan fingerprint density at radius 1 is 1.13 bits per heavy atom. The topological polar surface area (TPSA) is 92.9 Å². The lowest BCUT2D eigenvalue weighted by molar-refractivity contribution is -0.120. The zero-order valence-corrected chi connectivity index (χ0v) is 22.2. The van der Waals surface area contributed by atoms with Crippen LogP contribution in [0, 0.1) is 0 Å². The molecule has 0 saturated heterocycles. The van der Waals surface area contributed by atoms with Crippen LogP contribution in [0.15, 0.2) is 94.2 Å². The number of nitrogens with zero attached hydrogens (tertiary/aromatic N) is 4. The minimum absolute atomic E-state index is 0.0328. The highest BCUT2D eigenvalue weighted by Gasteiger charge is 2.53. The largest absolute Gasteiger partial charge is 0.497 e. The van der Waals surface area contributed by atoms with Crippen molar-refractivity contribution < 1.29 is 9.53 Å². The number of azo groups is 1. The molecule has 2 N–H and O–H groups in total. The average molecular weight is 509 g/mol. The Bertz CT molecular complexity index is 1500. The number of hydrogen-bond donors (Lipinski definition) is 2. The number of amides is 1. The second-order valence-electron chi connectivity index (χ2n) is 10.8. The summed E-state index contributed by atoms with van der Waals surface area (Å²) in [4.78, 5) is 13.6. The first kappa shape index (κ1) is 24.2. The number of hydrogen-bond acceptors (Lipinski definition) is 6. The monoisotopic (exact) mass is 508 g/mol. The van der Waals surface area contributed by atoms with E-state index in [9.17, 15) is 4.79 Å². The van der Waals surface area contributed by atoms with Crippen molar-refractivity contribution in [2.24, 2.45) is 10.2 Å². The highest BCUT2D eigenvalue weighted by Crippen LogP contribution is 2.51. The molecule has 38 heavy (non-hydrogen) atoms. The van der Waals surface area contributed by atoms with Gasteiger partial charge in [0.1, 0.15) is 5.75 Å². The van der Waals surface area contributed by atoms with Crippen molar-refractivity contribution in [2.75, 3.05) is 7.11 Å². The third kappa shape index (κ3) is 3.91. The van der Waals surface area contributed by atoms with Crippen molar-refractivity contribution in [2.45, 2.75) is 57.3 Å². The molecule has 0 saturated carbocycles. The fourth-order valence-corrected chi connectivity index (χ4v) is 6.09. The summed E-state index contributed by atoms with van der Waals surface area (Å²) < 4.78 is 7.20. The fraction of sp³-hybridized carbons (Fsp3) is 0.333. The Morgan fingerprint density at radius 3 is 2.71 bits per heavy atom. The number of benzene rings is 2. The first-order chi connectivity index (χ1) is 18.3. The zero-order chi connectivity index (χ0) is 26.5. The van der Waals surface area contributed by atoms with Gasteiger partial charge in [-0.3, -0.25) is 9.48 Å². The maximum atomic E-state index is 13.6. The van der Waals surface area contributed by atoms with E-state index >= 15 is 0 Å². The fourth-order valence-electron chi connectivity index (χ4n) is 6.09. The van der Waals surface area contributed by atoms with E-state index in [2.05, 4.69) is 77.2 Å². The summed E-state index contributed by atoms with van der Waals surface area (Å²) in [6.45, 7) is 6.90. The van der Waals surface area contributed by atoms with Crippen LogP contribution in [-0.2, 0) is 16.8 Å². The quantitative estimate of drug-likeness (QED) is 0.485. The normalized spacial score (nSPS) is 23.3. The van der Waals surface area contributed by atoms with Crippen molar-refractivity contribution in [1.82, 2.24) is 20.4 Å². The van der Waals surface area contributed by atoms with E-state index in [4.69, 9.17) is 4.74 Å². The Labute approximate surface area is 222 Å². The van der Waals surface area contributed by atoms with Crippen LogP contribution in [0.4, 0.5) is 0 Å². The van der Waals surface area contributed by atoms with E-state index in [1.807, 2.05) is 41.3 Å². The lowest BCUT2D eigenvalue weighted by Gasteiger charge is -2.48. The molecule has 1 amide bonds. The van der Waals surface area contributed by atoms with E-state index in [-0.39, 0.29) is 17.6 Å². The van der Waals surface area contributed by atoms with Crippen LogP contribution in [0.5, 0.6) is 5.75 Å². The van der Waals surface area contributed by atoms with Gasteiger partial charge in [-0.15, -0.1) is 0 Å². The van der Waals surface area contributed by atoms with Gasteiger partial charge in [0.05, 0.1) is 37.0 Å². The van der Waals surface area contributed by atoms with Crippen molar-refractivity contribution in [3.8, 4) is 16.9 Å². The van der Waals surface area contributed by atoms with Crippen LogP contribution in [0.2, 0.25) is 0 Å². The van der Waals surface area contributed by atoms with Crippen LogP contribution in [0.1, 0.15) is 44.7 Å². The molecule has 2 atom stereocenters. The molecule has 0 bridgehead atoms. The van der Waals surface area contributed by atoms with Gasteiger partial charge in [-0.2, -0.15) is 15.3 Å². The highest BCUT2D eigenvalue weighted by molar-refractivity contribution is 6.00.